The number of hydrogen-bond donors (Lipinski definition) is 2. The minimum Gasteiger partial charge on any atom is -0.480 e. The molecule has 0 radical (unpaired) electrons. The van der Waals surface area contributed by atoms with Gasteiger partial charge in [-0.1, -0.05) is 0 Å². The van der Waals surface area contributed by atoms with Crippen LogP contribution in [0.5, 0.6) is 0 Å². The van der Waals surface area contributed by atoms with Crippen molar-refractivity contribution >= 4 is 5.97 Å². The highest BCUT2D eigenvalue weighted by atomic mass is 16.5. The summed E-state index contributed by atoms with van der Waals surface area (Å²) in [6.07, 6.45) is 5.57. The average molecular weight is 270 g/mol. The highest BCUT2D eigenvalue weighted by Crippen LogP contribution is 2.32. The first-order chi connectivity index (χ1) is 9.05. The third-order valence-corrected chi connectivity index (χ3v) is 4.66. The lowest BCUT2D eigenvalue weighted by Crippen LogP contribution is -2.57. The van der Waals surface area contributed by atoms with Crippen LogP contribution in [0.15, 0.2) is 0 Å². The van der Waals surface area contributed by atoms with E-state index >= 15 is 0 Å². The second kappa shape index (κ2) is 6.20. The Morgan fingerprint density at radius 3 is 2.95 bits per heavy atom. The maximum absolute atomic E-state index is 11.3. The molecule has 110 valence electrons. The van der Waals surface area contributed by atoms with Crippen LogP contribution in [-0.2, 0) is 9.53 Å². The number of hydrogen-bond acceptors (Lipinski definition) is 4. The lowest BCUT2D eigenvalue weighted by atomic mass is 9.78. The fraction of sp³-hybridized carbons (Fsp3) is 0.929. The van der Waals surface area contributed by atoms with Gasteiger partial charge in [0.2, 0.25) is 0 Å². The molecular formula is C14H26N2O3. The number of rotatable bonds is 4. The van der Waals surface area contributed by atoms with E-state index in [2.05, 4.69) is 4.90 Å². The molecule has 0 spiro atoms. The molecule has 2 aliphatic rings. The number of nitrogens with zero attached hydrogens (tertiary/aromatic N) is 1. The molecule has 5 nitrogen and oxygen atoms in total. The van der Waals surface area contributed by atoms with Gasteiger partial charge in [-0.3, -0.25) is 9.69 Å². The zero-order chi connectivity index (χ0) is 13.9. The van der Waals surface area contributed by atoms with Gasteiger partial charge in [0.1, 0.15) is 5.54 Å². The van der Waals surface area contributed by atoms with Gasteiger partial charge in [-0.05, 0) is 51.0 Å². The van der Waals surface area contributed by atoms with Gasteiger partial charge in [0, 0.05) is 19.7 Å². The highest BCUT2D eigenvalue weighted by molar-refractivity contribution is 5.78. The molecule has 2 fully saturated rings. The summed E-state index contributed by atoms with van der Waals surface area (Å²) in [6.45, 7) is 2.89. The van der Waals surface area contributed by atoms with Crippen LogP contribution in [0, 0.1) is 5.92 Å². The predicted molar refractivity (Wildman–Crippen MR) is 73.0 cm³/mol. The molecule has 0 aromatic carbocycles. The number of carboxylic acids is 1. The fourth-order valence-corrected chi connectivity index (χ4v) is 3.58. The Morgan fingerprint density at radius 2 is 2.26 bits per heavy atom. The normalized spacial score (nSPS) is 37.2. The maximum atomic E-state index is 11.3. The molecule has 0 bridgehead atoms. The van der Waals surface area contributed by atoms with E-state index in [0.717, 1.165) is 32.5 Å². The van der Waals surface area contributed by atoms with Crippen molar-refractivity contribution in [2.75, 3.05) is 26.8 Å². The Morgan fingerprint density at radius 1 is 1.47 bits per heavy atom. The number of carboxylic acid groups (broad SMARTS) is 1. The minimum absolute atomic E-state index is 0.328. The van der Waals surface area contributed by atoms with Crippen LogP contribution in [0.2, 0.25) is 0 Å². The Kier molecular flexibility index (Phi) is 4.81. The summed E-state index contributed by atoms with van der Waals surface area (Å²) in [5.74, 6) is -0.264. The first-order valence-corrected chi connectivity index (χ1v) is 7.30. The molecule has 1 heterocycles. The van der Waals surface area contributed by atoms with E-state index in [9.17, 15) is 9.90 Å². The molecule has 3 unspecified atom stereocenters. The van der Waals surface area contributed by atoms with Crippen LogP contribution in [0.25, 0.3) is 0 Å². The van der Waals surface area contributed by atoms with Gasteiger partial charge in [-0.25, -0.2) is 0 Å². The first-order valence-electron chi connectivity index (χ1n) is 7.30. The number of piperidine rings is 1. The molecule has 3 atom stereocenters. The molecule has 1 aliphatic carbocycles. The minimum atomic E-state index is -1.02. The van der Waals surface area contributed by atoms with Crippen LogP contribution < -0.4 is 5.73 Å². The number of ether oxygens (including phenoxy) is 1. The molecule has 2 rings (SSSR count). The van der Waals surface area contributed by atoms with E-state index in [-0.39, 0.29) is 0 Å². The first kappa shape index (κ1) is 14.8. The van der Waals surface area contributed by atoms with E-state index in [1.54, 1.807) is 7.11 Å². The van der Waals surface area contributed by atoms with Crippen molar-refractivity contribution in [3.8, 4) is 0 Å². The number of carbonyl (C=O) groups is 1. The van der Waals surface area contributed by atoms with Crippen LogP contribution in [0.3, 0.4) is 0 Å². The molecule has 1 saturated heterocycles. The van der Waals surface area contributed by atoms with Gasteiger partial charge >= 0.3 is 5.97 Å². The largest absolute Gasteiger partial charge is 0.480 e. The third kappa shape index (κ3) is 3.46. The fourth-order valence-electron chi connectivity index (χ4n) is 3.58. The van der Waals surface area contributed by atoms with Gasteiger partial charge in [0.25, 0.3) is 0 Å². The molecule has 1 saturated carbocycles. The highest BCUT2D eigenvalue weighted by Gasteiger charge is 2.41. The summed E-state index contributed by atoms with van der Waals surface area (Å²) >= 11 is 0. The van der Waals surface area contributed by atoms with Gasteiger partial charge < -0.3 is 15.6 Å². The number of likely N-dealkylation sites (tertiary alicyclic amines) is 1. The van der Waals surface area contributed by atoms with E-state index in [0.29, 0.717) is 24.8 Å². The summed E-state index contributed by atoms with van der Waals surface area (Å²) in [5, 5.41) is 9.29. The summed E-state index contributed by atoms with van der Waals surface area (Å²) in [7, 11) is 1.74. The molecule has 1 aliphatic heterocycles. The average Bonchev–Trinajstić information content (AvgIpc) is 2.39. The predicted octanol–water partition coefficient (Wildman–Crippen LogP) is 1.07. The van der Waals surface area contributed by atoms with Gasteiger partial charge in [-0.15, -0.1) is 0 Å². The van der Waals surface area contributed by atoms with Crippen molar-refractivity contribution in [3.63, 3.8) is 0 Å². The molecule has 3 N–H and O–H groups in total. The van der Waals surface area contributed by atoms with Crippen LogP contribution in [0.4, 0.5) is 0 Å². The van der Waals surface area contributed by atoms with Crippen molar-refractivity contribution in [3.05, 3.63) is 0 Å². The number of methoxy groups -OCH3 is 1. The molecule has 0 aromatic rings. The van der Waals surface area contributed by atoms with Gasteiger partial charge in [0.15, 0.2) is 0 Å². The Bertz CT molecular complexity index is 322. The monoisotopic (exact) mass is 270 g/mol. The molecule has 0 amide bonds. The quantitative estimate of drug-likeness (QED) is 0.799. The van der Waals surface area contributed by atoms with E-state index in [4.69, 9.17) is 10.5 Å². The Labute approximate surface area is 115 Å². The van der Waals surface area contributed by atoms with Crippen LogP contribution in [0.1, 0.15) is 38.5 Å². The summed E-state index contributed by atoms with van der Waals surface area (Å²) in [6, 6.07) is 0.328. The summed E-state index contributed by atoms with van der Waals surface area (Å²) in [4.78, 5) is 13.7. The lowest BCUT2D eigenvalue weighted by molar-refractivity contribution is -0.145. The summed E-state index contributed by atoms with van der Waals surface area (Å²) in [5.41, 5.74) is 5.02. The standard InChI is InChI=1S/C14H26N2O3/c1-19-10-11-4-3-7-16(9-11)12-5-2-6-14(15,8-12)13(17)18/h11-12H,2-10,15H2,1H3,(H,17,18). The van der Waals surface area contributed by atoms with Crippen molar-refractivity contribution in [1.82, 2.24) is 4.90 Å². The topological polar surface area (TPSA) is 75.8 Å². The maximum Gasteiger partial charge on any atom is 0.323 e. The Balaban J connectivity index is 1.95. The van der Waals surface area contributed by atoms with Crippen LogP contribution >= 0.6 is 0 Å². The van der Waals surface area contributed by atoms with E-state index < -0.39 is 11.5 Å². The van der Waals surface area contributed by atoms with Crippen molar-refractivity contribution in [2.24, 2.45) is 11.7 Å². The lowest BCUT2D eigenvalue weighted by Gasteiger charge is -2.43. The van der Waals surface area contributed by atoms with Crippen molar-refractivity contribution in [2.45, 2.75) is 50.1 Å². The molecular weight excluding hydrogens is 244 g/mol. The third-order valence-electron chi connectivity index (χ3n) is 4.66. The number of aliphatic carboxylic acids is 1. The van der Waals surface area contributed by atoms with Crippen molar-refractivity contribution < 1.29 is 14.6 Å². The van der Waals surface area contributed by atoms with Crippen LogP contribution in [-0.4, -0.2) is 54.4 Å². The smallest absolute Gasteiger partial charge is 0.323 e. The second-order valence-electron chi connectivity index (χ2n) is 6.17. The molecule has 0 aromatic heterocycles. The Hall–Kier alpha value is -0.650. The molecule has 5 heteroatoms. The van der Waals surface area contributed by atoms with E-state index in [1.165, 1.54) is 12.8 Å². The van der Waals surface area contributed by atoms with E-state index in [1.807, 2.05) is 0 Å². The number of nitrogens with two attached hydrogens (primary N) is 1. The van der Waals surface area contributed by atoms with Crippen molar-refractivity contribution in [1.29, 1.82) is 0 Å². The summed E-state index contributed by atoms with van der Waals surface area (Å²) < 4.78 is 5.25. The zero-order valence-corrected chi connectivity index (χ0v) is 11.8. The zero-order valence-electron chi connectivity index (χ0n) is 11.8. The van der Waals surface area contributed by atoms with Gasteiger partial charge in [-0.2, -0.15) is 0 Å². The SMILES string of the molecule is COCC1CCCN(C2CCCC(N)(C(=O)O)C2)C1. The van der Waals surface area contributed by atoms with Gasteiger partial charge in [0.05, 0.1) is 6.61 Å². The molecule has 19 heavy (non-hydrogen) atoms. The second-order valence-corrected chi connectivity index (χ2v) is 6.17.